The summed E-state index contributed by atoms with van der Waals surface area (Å²) in [6, 6.07) is 16.0. The van der Waals surface area contributed by atoms with E-state index in [0.717, 1.165) is 24.0 Å². The number of nitrogens with zero attached hydrogens (tertiary/aromatic N) is 1. The minimum Gasteiger partial charge on any atom is -0.488 e. The molecular formula is C22H22ClNO4. The first-order chi connectivity index (χ1) is 13.5. The molecule has 5 nitrogen and oxygen atoms in total. The Labute approximate surface area is 168 Å². The monoisotopic (exact) mass is 399 g/mol. The van der Waals surface area contributed by atoms with Crippen molar-refractivity contribution in [1.82, 2.24) is 4.90 Å². The van der Waals surface area contributed by atoms with Gasteiger partial charge in [-0.3, -0.25) is 4.79 Å². The van der Waals surface area contributed by atoms with Gasteiger partial charge in [0.05, 0.1) is 6.04 Å². The smallest absolute Gasteiger partial charge is 0.289 e. The van der Waals surface area contributed by atoms with Gasteiger partial charge in [0, 0.05) is 17.5 Å². The molecule has 3 atom stereocenters. The summed E-state index contributed by atoms with van der Waals surface area (Å²) < 4.78 is 11.7. The molecule has 0 bridgehead atoms. The van der Waals surface area contributed by atoms with E-state index in [9.17, 15) is 9.90 Å². The van der Waals surface area contributed by atoms with E-state index in [0.29, 0.717) is 17.0 Å². The van der Waals surface area contributed by atoms with Crippen LogP contribution < -0.4 is 4.74 Å². The molecule has 0 radical (unpaired) electrons. The number of hydrogen-bond donors (Lipinski definition) is 1. The molecule has 28 heavy (non-hydrogen) atoms. The molecular weight excluding hydrogens is 378 g/mol. The molecule has 1 saturated carbocycles. The number of aliphatic hydroxyl groups excluding tert-OH is 1. The van der Waals surface area contributed by atoms with E-state index in [4.69, 9.17) is 20.8 Å². The van der Waals surface area contributed by atoms with Crippen LogP contribution in [0.4, 0.5) is 0 Å². The fourth-order valence-electron chi connectivity index (χ4n) is 3.79. The van der Waals surface area contributed by atoms with Crippen LogP contribution >= 0.6 is 11.6 Å². The minimum absolute atomic E-state index is 0.234. The topological polar surface area (TPSA) is 62.9 Å². The van der Waals surface area contributed by atoms with Crippen LogP contribution in [0.3, 0.4) is 0 Å². The molecule has 4 rings (SSSR count). The van der Waals surface area contributed by atoms with E-state index < -0.39 is 6.10 Å². The van der Waals surface area contributed by atoms with Crippen molar-refractivity contribution in [1.29, 1.82) is 0 Å². The van der Waals surface area contributed by atoms with Crippen molar-refractivity contribution in [2.45, 2.75) is 37.5 Å². The third kappa shape index (κ3) is 3.73. The Bertz CT molecular complexity index is 971. The van der Waals surface area contributed by atoms with E-state index in [1.165, 1.54) is 0 Å². The Hall–Kier alpha value is -2.50. The lowest BCUT2D eigenvalue weighted by Gasteiger charge is -2.39. The predicted octanol–water partition coefficient (Wildman–Crippen LogP) is 4.52. The van der Waals surface area contributed by atoms with Gasteiger partial charge in [-0.05, 0) is 55.7 Å². The van der Waals surface area contributed by atoms with Crippen LogP contribution in [-0.2, 0) is 0 Å². The molecule has 0 aliphatic heterocycles. The second kappa shape index (κ2) is 7.86. The van der Waals surface area contributed by atoms with Crippen molar-refractivity contribution >= 4 is 28.5 Å². The van der Waals surface area contributed by atoms with Crippen LogP contribution in [0.5, 0.6) is 5.75 Å². The molecule has 1 aliphatic rings. The van der Waals surface area contributed by atoms with E-state index >= 15 is 0 Å². The molecule has 1 amide bonds. The van der Waals surface area contributed by atoms with Crippen LogP contribution in [0, 0.1) is 0 Å². The van der Waals surface area contributed by atoms with Crippen LogP contribution in [-0.4, -0.2) is 41.2 Å². The predicted molar refractivity (Wildman–Crippen MR) is 108 cm³/mol. The maximum atomic E-state index is 13.0. The van der Waals surface area contributed by atoms with E-state index in [2.05, 4.69) is 0 Å². The molecule has 6 heteroatoms. The van der Waals surface area contributed by atoms with Crippen molar-refractivity contribution in [3.63, 3.8) is 0 Å². The zero-order valence-electron chi connectivity index (χ0n) is 15.5. The number of ether oxygens (including phenoxy) is 1. The van der Waals surface area contributed by atoms with Gasteiger partial charge in [0.1, 0.15) is 23.5 Å². The highest BCUT2D eigenvalue weighted by molar-refractivity contribution is 6.31. The summed E-state index contributed by atoms with van der Waals surface area (Å²) in [7, 11) is 1.70. The SMILES string of the molecule is CN(C(=O)c1cc2cc(Cl)ccc2o1)[C@@H]1CCC[C@@H](Oc2ccccc2)[C@@H]1O. The first kappa shape index (κ1) is 18.8. The quantitative estimate of drug-likeness (QED) is 0.700. The highest BCUT2D eigenvalue weighted by Crippen LogP contribution is 2.29. The zero-order valence-corrected chi connectivity index (χ0v) is 16.3. The van der Waals surface area contributed by atoms with Crippen LogP contribution in [0.15, 0.2) is 59.0 Å². The molecule has 1 heterocycles. The molecule has 1 N–H and O–H groups in total. The van der Waals surface area contributed by atoms with Gasteiger partial charge in [-0.15, -0.1) is 0 Å². The first-order valence-electron chi connectivity index (χ1n) is 9.39. The highest BCUT2D eigenvalue weighted by atomic mass is 35.5. The fraction of sp³-hybridized carbons (Fsp3) is 0.318. The largest absolute Gasteiger partial charge is 0.488 e. The number of benzene rings is 2. The molecule has 0 saturated heterocycles. The first-order valence-corrected chi connectivity index (χ1v) is 9.77. The maximum absolute atomic E-state index is 13.0. The molecule has 0 spiro atoms. The number of furan rings is 1. The number of likely N-dealkylation sites (N-methyl/N-ethyl adjacent to an activating group) is 1. The van der Waals surface area contributed by atoms with Gasteiger partial charge in [0.15, 0.2) is 5.76 Å². The average Bonchev–Trinajstić information content (AvgIpc) is 3.12. The second-order valence-electron chi connectivity index (χ2n) is 7.17. The van der Waals surface area contributed by atoms with Gasteiger partial charge < -0.3 is 19.2 Å². The third-order valence-corrected chi connectivity index (χ3v) is 5.54. The Balaban J connectivity index is 1.50. The van der Waals surface area contributed by atoms with Crippen LogP contribution in [0.2, 0.25) is 5.02 Å². The van der Waals surface area contributed by atoms with Gasteiger partial charge in [0.25, 0.3) is 5.91 Å². The molecule has 1 fully saturated rings. The summed E-state index contributed by atoms with van der Waals surface area (Å²) >= 11 is 6.01. The normalized spacial score (nSPS) is 22.2. The number of aliphatic hydroxyl groups is 1. The number of carbonyl (C=O) groups is 1. The third-order valence-electron chi connectivity index (χ3n) is 5.30. The standard InChI is InChI=1S/C22H22ClNO4/c1-24(22(26)20-13-14-12-15(23)10-11-18(14)28-20)17-8-5-9-19(21(17)25)27-16-6-3-2-4-7-16/h2-4,6-7,10-13,17,19,21,25H,5,8-9H2,1H3/t17-,19-,21-/m1/s1. The van der Waals surface area contributed by atoms with E-state index in [1.54, 1.807) is 36.2 Å². The number of para-hydroxylation sites is 1. The number of halogens is 1. The zero-order chi connectivity index (χ0) is 19.7. The van der Waals surface area contributed by atoms with Gasteiger partial charge >= 0.3 is 0 Å². The van der Waals surface area contributed by atoms with Gasteiger partial charge in [-0.25, -0.2) is 0 Å². The Morgan fingerprint density at radius 2 is 1.96 bits per heavy atom. The lowest BCUT2D eigenvalue weighted by molar-refractivity contribution is -0.0417. The molecule has 3 aromatic rings. The highest BCUT2D eigenvalue weighted by Gasteiger charge is 2.38. The number of rotatable bonds is 4. The lowest BCUT2D eigenvalue weighted by atomic mass is 9.88. The van der Waals surface area contributed by atoms with Crippen molar-refractivity contribution in [3.05, 3.63) is 65.4 Å². The summed E-state index contributed by atoms with van der Waals surface area (Å²) in [5.41, 5.74) is 0.607. The van der Waals surface area contributed by atoms with Crippen LogP contribution in [0.25, 0.3) is 11.0 Å². The number of amides is 1. The van der Waals surface area contributed by atoms with Crippen molar-refractivity contribution in [3.8, 4) is 5.75 Å². The van der Waals surface area contributed by atoms with Crippen LogP contribution in [0.1, 0.15) is 29.8 Å². The Kier molecular flexibility index (Phi) is 5.29. The van der Waals surface area contributed by atoms with Crippen molar-refractivity contribution < 1.29 is 19.1 Å². The van der Waals surface area contributed by atoms with Crippen molar-refractivity contribution in [2.24, 2.45) is 0 Å². The summed E-state index contributed by atoms with van der Waals surface area (Å²) in [6.45, 7) is 0. The van der Waals surface area contributed by atoms with E-state index in [-0.39, 0.29) is 23.8 Å². The average molecular weight is 400 g/mol. The molecule has 2 aromatic carbocycles. The molecule has 146 valence electrons. The lowest BCUT2D eigenvalue weighted by Crippen LogP contribution is -2.53. The van der Waals surface area contributed by atoms with E-state index in [1.807, 2.05) is 30.3 Å². The maximum Gasteiger partial charge on any atom is 0.289 e. The Morgan fingerprint density at radius 3 is 2.75 bits per heavy atom. The van der Waals surface area contributed by atoms with Gasteiger partial charge in [-0.1, -0.05) is 29.8 Å². The summed E-state index contributed by atoms with van der Waals surface area (Å²) in [5, 5.41) is 12.2. The Morgan fingerprint density at radius 1 is 1.18 bits per heavy atom. The minimum atomic E-state index is -0.776. The summed E-state index contributed by atoms with van der Waals surface area (Å²) in [5.74, 6) is 0.685. The molecule has 1 aromatic heterocycles. The molecule has 0 unspecified atom stereocenters. The molecule has 1 aliphatic carbocycles. The fourth-order valence-corrected chi connectivity index (χ4v) is 3.97. The number of fused-ring (bicyclic) bond motifs is 1. The number of hydrogen-bond acceptors (Lipinski definition) is 4. The summed E-state index contributed by atoms with van der Waals surface area (Å²) in [4.78, 5) is 14.5. The number of carbonyl (C=O) groups excluding carboxylic acids is 1. The summed E-state index contributed by atoms with van der Waals surface area (Å²) in [6.07, 6.45) is 1.20. The van der Waals surface area contributed by atoms with Gasteiger partial charge in [0.2, 0.25) is 0 Å². The second-order valence-corrected chi connectivity index (χ2v) is 7.60. The van der Waals surface area contributed by atoms with Gasteiger partial charge in [-0.2, -0.15) is 0 Å². The van der Waals surface area contributed by atoms with Crippen molar-refractivity contribution in [2.75, 3.05) is 7.05 Å².